The van der Waals surface area contributed by atoms with E-state index in [2.05, 4.69) is 37.2 Å². The molecule has 1 saturated carbocycles. The summed E-state index contributed by atoms with van der Waals surface area (Å²) in [5, 5.41) is 0. The second-order valence-electron chi connectivity index (χ2n) is 9.25. The van der Waals surface area contributed by atoms with Crippen LogP contribution in [0.2, 0.25) is 0 Å². The van der Waals surface area contributed by atoms with Crippen molar-refractivity contribution in [2.45, 2.75) is 52.4 Å². The zero-order valence-electron chi connectivity index (χ0n) is 16.0. The molecule has 2 fully saturated rings. The monoisotopic (exact) mass is 368 g/mol. The molecule has 1 amide bonds. The Morgan fingerprint density at radius 1 is 1.15 bits per heavy atom. The van der Waals surface area contributed by atoms with E-state index in [4.69, 9.17) is 0 Å². The van der Waals surface area contributed by atoms with Gasteiger partial charge in [-0.1, -0.05) is 26.0 Å². The van der Waals surface area contributed by atoms with Crippen LogP contribution in [0.1, 0.15) is 57.2 Å². The molecule has 4 heteroatoms. The first-order chi connectivity index (χ1) is 12.4. The van der Waals surface area contributed by atoms with Crippen molar-refractivity contribution < 1.29 is 4.79 Å². The van der Waals surface area contributed by atoms with Crippen LogP contribution < -0.4 is 0 Å². The highest BCUT2D eigenvalue weighted by atomic mass is 32.1. The van der Waals surface area contributed by atoms with Crippen LogP contribution in [0.5, 0.6) is 0 Å². The van der Waals surface area contributed by atoms with E-state index in [1.54, 1.807) is 16.9 Å². The molecule has 1 aliphatic heterocycles. The van der Waals surface area contributed by atoms with Crippen LogP contribution in [0.3, 0.4) is 0 Å². The summed E-state index contributed by atoms with van der Waals surface area (Å²) >= 11 is 1.79. The highest BCUT2D eigenvalue weighted by Gasteiger charge is 2.57. The Labute approximate surface area is 160 Å². The van der Waals surface area contributed by atoms with Gasteiger partial charge < -0.3 is 4.90 Å². The SMILES string of the molecule is CN1C(=O)CC[C@@]2(C)C1=CC[C@@H]1[C@@H]2CC[C@]2(C)C(c3cncs3)=CC[C@@H]12. The number of carbonyl (C=O) groups is 1. The Kier molecular flexibility index (Phi) is 3.57. The van der Waals surface area contributed by atoms with E-state index in [0.29, 0.717) is 23.7 Å². The fourth-order valence-corrected chi connectivity index (χ4v) is 7.68. The Balaban J connectivity index is 1.50. The number of fused-ring (bicyclic) bond motifs is 5. The molecule has 1 saturated heterocycles. The van der Waals surface area contributed by atoms with E-state index < -0.39 is 0 Å². The van der Waals surface area contributed by atoms with Crippen molar-refractivity contribution in [2.24, 2.45) is 28.6 Å². The van der Waals surface area contributed by atoms with Gasteiger partial charge in [0.15, 0.2) is 0 Å². The molecular weight excluding hydrogens is 340 g/mol. The van der Waals surface area contributed by atoms with Gasteiger partial charge in [0.25, 0.3) is 0 Å². The zero-order valence-corrected chi connectivity index (χ0v) is 16.8. The van der Waals surface area contributed by atoms with E-state index in [0.717, 1.165) is 24.7 Å². The third-order valence-corrected chi connectivity index (χ3v) is 9.10. The van der Waals surface area contributed by atoms with Crippen molar-refractivity contribution >= 4 is 22.8 Å². The Morgan fingerprint density at radius 3 is 2.77 bits per heavy atom. The molecule has 5 atom stereocenters. The van der Waals surface area contributed by atoms with Crippen molar-refractivity contribution in [1.82, 2.24) is 9.88 Å². The van der Waals surface area contributed by atoms with E-state index in [1.165, 1.54) is 29.8 Å². The molecule has 4 aliphatic rings. The molecule has 0 spiro atoms. The van der Waals surface area contributed by atoms with Crippen LogP contribution in [-0.2, 0) is 4.79 Å². The van der Waals surface area contributed by atoms with Crippen molar-refractivity contribution in [3.8, 4) is 0 Å². The number of thiazole rings is 1. The first kappa shape index (κ1) is 16.7. The molecule has 0 aromatic carbocycles. The van der Waals surface area contributed by atoms with Gasteiger partial charge in [0, 0.05) is 30.8 Å². The molecule has 1 aromatic rings. The Bertz CT molecular complexity index is 810. The quantitative estimate of drug-likeness (QED) is 0.689. The summed E-state index contributed by atoms with van der Waals surface area (Å²) in [7, 11) is 1.98. The second-order valence-corrected chi connectivity index (χ2v) is 10.1. The fourth-order valence-electron chi connectivity index (χ4n) is 6.88. The second kappa shape index (κ2) is 5.54. The highest BCUT2D eigenvalue weighted by molar-refractivity contribution is 7.10. The Hall–Kier alpha value is -1.42. The molecule has 26 heavy (non-hydrogen) atoms. The van der Waals surface area contributed by atoms with Gasteiger partial charge in [-0.05, 0) is 60.8 Å². The van der Waals surface area contributed by atoms with Crippen LogP contribution in [0.15, 0.2) is 29.6 Å². The standard InChI is InChI=1S/C22H28N2OS/c1-21-10-8-16-14(15(21)5-6-17(21)18-12-23-13-26-18)4-7-19-22(16,2)11-9-20(25)24(19)3/h6-7,12-16H,4-5,8-11H2,1-3H3/t14-,15-,16-,21-,22+/m0/s1. The van der Waals surface area contributed by atoms with E-state index in [-0.39, 0.29) is 5.41 Å². The van der Waals surface area contributed by atoms with Crippen LogP contribution in [0, 0.1) is 28.6 Å². The summed E-state index contributed by atoms with van der Waals surface area (Å²) in [5.41, 5.74) is 5.31. The summed E-state index contributed by atoms with van der Waals surface area (Å²) < 4.78 is 0. The van der Waals surface area contributed by atoms with Crippen molar-refractivity contribution in [1.29, 1.82) is 0 Å². The maximum absolute atomic E-state index is 12.2. The third-order valence-electron chi connectivity index (χ3n) is 8.30. The van der Waals surface area contributed by atoms with Crippen molar-refractivity contribution in [3.63, 3.8) is 0 Å². The van der Waals surface area contributed by atoms with Gasteiger partial charge in [-0.15, -0.1) is 11.3 Å². The van der Waals surface area contributed by atoms with Crippen molar-refractivity contribution in [2.75, 3.05) is 7.05 Å². The van der Waals surface area contributed by atoms with Crippen LogP contribution in [0.4, 0.5) is 0 Å². The topological polar surface area (TPSA) is 33.2 Å². The summed E-state index contributed by atoms with van der Waals surface area (Å²) in [6, 6.07) is 0. The minimum absolute atomic E-state index is 0.181. The predicted octanol–water partition coefficient (Wildman–Crippen LogP) is 5.13. The average molecular weight is 369 g/mol. The maximum Gasteiger partial charge on any atom is 0.226 e. The number of carbonyl (C=O) groups excluding carboxylic acids is 1. The fraction of sp³-hybridized carbons (Fsp3) is 0.636. The smallest absolute Gasteiger partial charge is 0.226 e. The molecule has 2 heterocycles. The first-order valence-electron chi connectivity index (χ1n) is 10.0. The summed E-state index contributed by atoms with van der Waals surface area (Å²) in [6.45, 7) is 4.94. The molecule has 5 rings (SSSR count). The lowest BCUT2D eigenvalue weighted by Crippen LogP contribution is -2.53. The number of likely N-dealkylation sites (tertiary alicyclic amines) is 1. The molecule has 0 N–H and O–H groups in total. The minimum atomic E-state index is 0.181. The summed E-state index contributed by atoms with van der Waals surface area (Å²) in [6.07, 6.45) is 13.6. The number of hydrogen-bond acceptors (Lipinski definition) is 3. The third kappa shape index (κ3) is 2.05. The number of allylic oxidation sites excluding steroid dienone is 4. The van der Waals surface area contributed by atoms with Crippen LogP contribution in [-0.4, -0.2) is 22.8 Å². The number of nitrogens with zero attached hydrogens (tertiary/aromatic N) is 2. The number of rotatable bonds is 1. The van der Waals surface area contributed by atoms with Gasteiger partial charge in [-0.3, -0.25) is 9.78 Å². The van der Waals surface area contributed by atoms with E-state index >= 15 is 0 Å². The van der Waals surface area contributed by atoms with Gasteiger partial charge >= 0.3 is 0 Å². The number of aromatic nitrogens is 1. The lowest BCUT2D eigenvalue weighted by Gasteiger charge is -2.58. The van der Waals surface area contributed by atoms with Gasteiger partial charge in [-0.25, -0.2) is 0 Å². The molecule has 3 aliphatic carbocycles. The van der Waals surface area contributed by atoms with Crippen molar-refractivity contribution in [3.05, 3.63) is 34.4 Å². The van der Waals surface area contributed by atoms with Crippen LogP contribution >= 0.6 is 11.3 Å². The molecular formula is C22H28N2OS. The summed E-state index contributed by atoms with van der Waals surface area (Å²) in [5.74, 6) is 2.48. The van der Waals surface area contributed by atoms with E-state index in [1.807, 2.05) is 17.5 Å². The van der Waals surface area contributed by atoms with E-state index in [9.17, 15) is 4.79 Å². The van der Waals surface area contributed by atoms with Crippen LogP contribution in [0.25, 0.3) is 5.57 Å². The summed E-state index contributed by atoms with van der Waals surface area (Å²) in [4.78, 5) is 19.9. The maximum atomic E-state index is 12.2. The number of hydrogen-bond donors (Lipinski definition) is 0. The predicted molar refractivity (Wildman–Crippen MR) is 105 cm³/mol. The average Bonchev–Trinajstić information content (AvgIpc) is 3.25. The lowest BCUT2D eigenvalue weighted by molar-refractivity contribution is -0.135. The number of amides is 1. The molecule has 3 nitrogen and oxygen atoms in total. The van der Waals surface area contributed by atoms with Gasteiger partial charge in [0.1, 0.15) is 0 Å². The minimum Gasteiger partial charge on any atom is -0.319 e. The molecule has 138 valence electrons. The lowest BCUT2D eigenvalue weighted by atomic mass is 9.49. The molecule has 0 bridgehead atoms. The Morgan fingerprint density at radius 2 is 2.00 bits per heavy atom. The first-order valence-corrected chi connectivity index (χ1v) is 10.9. The molecule has 0 unspecified atom stereocenters. The number of piperidine rings is 1. The van der Waals surface area contributed by atoms with Gasteiger partial charge in [0.05, 0.1) is 10.4 Å². The highest BCUT2D eigenvalue weighted by Crippen LogP contribution is 2.66. The largest absolute Gasteiger partial charge is 0.319 e. The van der Waals surface area contributed by atoms with Gasteiger partial charge in [-0.2, -0.15) is 0 Å². The molecule has 1 aromatic heterocycles. The van der Waals surface area contributed by atoms with Gasteiger partial charge in [0.2, 0.25) is 5.91 Å². The zero-order chi connectivity index (χ0) is 18.1. The molecule has 0 radical (unpaired) electrons. The normalized spacial score (nSPS) is 41.9.